The summed E-state index contributed by atoms with van der Waals surface area (Å²) in [5, 5.41) is 2.02. The standard InChI is InChI=1S/C3H5ClFNO/c1-6-3(7)2(4)5/h2H,1H3,(H,6,7)/t2-/m0/s1. The monoisotopic (exact) mass is 125 g/mol. The fraction of sp³-hybridized carbons (Fsp3) is 0.667. The van der Waals surface area contributed by atoms with Crippen molar-refractivity contribution < 1.29 is 9.18 Å². The maximum atomic E-state index is 11.4. The van der Waals surface area contributed by atoms with Gasteiger partial charge in [-0.2, -0.15) is 0 Å². The first-order valence-corrected chi connectivity index (χ1v) is 2.12. The van der Waals surface area contributed by atoms with Crippen molar-refractivity contribution in [1.82, 2.24) is 5.32 Å². The van der Waals surface area contributed by atoms with Crippen LogP contribution in [-0.4, -0.2) is 18.6 Å². The Bertz CT molecular complexity index is 75.3. The largest absolute Gasteiger partial charge is 0.356 e. The van der Waals surface area contributed by atoms with Crippen LogP contribution in [0, 0.1) is 0 Å². The highest BCUT2D eigenvalue weighted by atomic mass is 35.5. The predicted molar refractivity (Wildman–Crippen MR) is 24.8 cm³/mol. The van der Waals surface area contributed by atoms with Crippen molar-refractivity contribution in [2.75, 3.05) is 7.05 Å². The molecule has 4 heteroatoms. The molecule has 0 saturated carbocycles. The van der Waals surface area contributed by atoms with Gasteiger partial charge in [-0.15, -0.1) is 0 Å². The first kappa shape index (κ1) is 6.69. The summed E-state index contributed by atoms with van der Waals surface area (Å²) in [6, 6.07) is 0. The highest BCUT2D eigenvalue weighted by Crippen LogP contribution is 1.93. The van der Waals surface area contributed by atoms with Crippen molar-refractivity contribution in [3.63, 3.8) is 0 Å². The number of hydrogen-bond donors (Lipinski definition) is 1. The van der Waals surface area contributed by atoms with E-state index in [1.807, 2.05) is 5.32 Å². The van der Waals surface area contributed by atoms with Crippen molar-refractivity contribution in [2.45, 2.75) is 5.63 Å². The van der Waals surface area contributed by atoms with Gasteiger partial charge in [0.2, 0.25) is 0 Å². The maximum absolute atomic E-state index is 11.4. The number of carbonyl (C=O) groups excluding carboxylic acids is 1. The molecule has 7 heavy (non-hydrogen) atoms. The van der Waals surface area contributed by atoms with Crippen molar-refractivity contribution in [1.29, 1.82) is 0 Å². The molecule has 0 rings (SSSR count). The van der Waals surface area contributed by atoms with Gasteiger partial charge >= 0.3 is 0 Å². The van der Waals surface area contributed by atoms with E-state index < -0.39 is 11.5 Å². The third kappa shape index (κ3) is 2.39. The molecular formula is C3H5ClFNO. The minimum atomic E-state index is -1.91. The summed E-state index contributed by atoms with van der Waals surface area (Å²) in [6.07, 6.45) is 0. The summed E-state index contributed by atoms with van der Waals surface area (Å²) in [4.78, 5) is 9.89. The third-order valence-electron chi connectivity index (χ3n) is 0.445. The number of rotatable bonds is 1. The van der Waals surface area contributed by atoms with Crippen LogP contribution in [0.25, 0.3) is 0 Å². The van der Waals surface area contributed by atoms with E-state index in [2.05, 4.69) is 11.6 Å². The van der Waals surface area contributed by atoms with Gasteiger partial charge in [0, 0.05) is 7.05 Å². The Morgan fingerprint density at radius 2 is 2.43 bits per heavy atom. The molecule has 1 N–H and O–H groups in total. The second-order valence-corrected chi connectivity index (χ2v) is 1.30. The van der Waals surface area contributed by atoms with E-state index in [0.717, 1.165) is 0 Å². The summed E-state index contributed by atoms with van der Waals surface area (Å²) in [5.74, 6) is -0.804. The second kappa shape index (κ2) is 2.80. The average molecular weight is 126 g/mol. The van der Waals surface area contributed by atoms with Crippen molar-refractivity contribution in [2.24, 2.45) is 0 Å². The average Bonchev–Trinajstić information content (AvgIpc) is 1.65. The summed E-state index contributed by atoms with van der Waals surface area (Å²) in [5.41, 5.74) is -1.91. The van der Waals surface area contributed by atoms with Crippen LogP contribution in [0.1, 0.15) is 0 Å². The van der Waals surface area contributed by atoms with Crippen LogP contribution in [0.5, 0.6) is 0 Å². The van der Waals surface area contributed by atoms with E-state index in [1.165, 1.54) is 7.05 Å². The maximum Gasteiger partial charge on any atom is 0.269 e. The van der Waals surface area contributed by atoms with E-state index in [1.54, 1.807) is 0 Å². The predicted octanol–water partition coefficient (Wildman–Crippen LogP) is 0.267. The van der Waals surface area contributed by atoms with E-state index in [-0.39, 0.29) is 0 Å². The fourth-order valence-corrected chi connectivity index (χ4v) is 0.218. The second-order valence-electron chi connectivity index (χ2n) is 0.915. The number of hydrogen-bond acceptors (Lipinski definition) is 1. The lowest BCUT2D eigenvalue weighted by Crippen LogP contribution is -2.24. The minimum Gasteiger partial charge on any atom is -0.356 e. The molecule has 1 atom stereocenters. The van der Waals surface area contributed by atoms with Gasteiger partial charge in [-0.3, -0.25) is 4.79 Å². The lowest BCUT2D eigenvalue weighted by molar-refractivity contribution is -0.122. The normalized spacial score (nSPS) is 13.0. The van der Waals surface area contributed by atoms with E-state index in [0.29, 0.717) is 0 Å². The fourth-order valence-electron chi connectivity index (χ4n) is 0.109. The molecule has 0 aliphatic rings. The SMILES string of the molecule is CNC(=O)[C@H](F)Cl. The summed E-state index contributed by atoms with van der Waals surface area (Å²) < 4.78 is 11.4. The number of alkyl halides is 2. The zero-order valence-electron chi connectivity index (χ0n) is 3.74. The zero-order chi connectivity index (χ0) is 5.86. The van der Waals surface area contributed by atoms with Crippen LogP contribution >= 0.6 is 11.6 Å². The first-order chi connectivity index (χ1) is 3.18. The van der Waals surface area contributed by atoms with E-state index in [9.17, 15) is 9.18 Å². The lowest BCUT2D eigenvalue weighted by atomic mass is 10.7. The van der Waals surface area contributed by atoms with Crippen molar-refractivity contribution in [3.8, 4) is 0 Å². The van der Waals surface area contributed by atoms with Crippen LogP contribution in [0.4, 0.5) is 4.39 Å². The Balaban J connectivity index is 3.35. The Morgan fingerprint density at radius 1 is 2.00 bits per heavy atom. The van der Waals surface area contributed by atoms with Crippen molar-refractivity contribution >= 4 is 17.5 Å². The molecule has 0 aromatic heterocycles. The first-order valence-electron chi connectivity index (χ1n) is 1.68. The number of carbonyl (C=O) groups is 1. The molecule has 0 bridgehead atoms. The molecule has 0 saturated heterocycles. The Labute approximate surface area is 45.6 Å². The van der Waals surface area contributed by atoms with Gasteiger partial charge in [0.1, 0.15) is 0 Å². The Morgan fingerprint density at radius 3 is 2.43 bits per heavy atom. The summed E-state index contributed by atoms with van der Waals surface area (Å²) in [7, 11) is 1.32. The zero-order valence-corrected chi connectivity index (χ0v) is 4.50. The molecule has 42 valence electrons. The molecule has 0 spiro atoms. The lowest BCUT2D eigenvalue weighted by Gasteiger charge is -1.93. The van der Waals surface area contributed by atoms with Gasteiger partial charge in [0.25, 0.3) is 11.5 Å². The van der Waals surface area contributed by atoms with Gasteiger partial charge in [-0.05, 0) is 0 Å². The molecule has 0 aromatic carbocycles. The van der Waals surface area contributed by atoms with E-state index in [4.69, 9.17) is 0 Å². The highest BCUT2D eigenvalue weighted by Gasteiger charge is 2.08. The van der Waals surface area contributed by atoms with Gasteiger partial charge in [0.15, 0.2) is 0 Å². The Kier molecular flexibility index (Phi) is 2.67. The Hall–Kier alpha value is -0.310. The molecule has 0 heterocycles. The molecule has 0 fully saturated rings. The molecule has 2 nitrogen and oxygen atoms in total. The summed E-state index contributed by atoms with van der Waals surface area (Å²) >= 11 is 4.65. The topological polar surface area (TPSA) is 29.1 Å². The molecule has 0 aliphatic heterocycles. The smallest absolute Gasteiger partial charge is 0.269 e. The van der Waals surface area contributed by atoms with Crippen molar-refractivity contribution in [3.05, 3.63) is 0 Å². The van der Waals surface area contributed by atoms with Gasteiger partial charge in [0.05, 0.1) is 0 Å². The van der Waals surface area contributed by atoms with Crippen LogP contribution in [-0.2, 0) is 4.79 Å². The molecule has 1 amide bonds. The molecular weight excluding hydrogens is 120 g/mol. The third-order valence-corrected chi connectivity index (χ3v) is 0.643. The molecule has 0 aromatic rings. The van der Waals surface area contributed by atoms with Gasteiger partial charge < -0.3 is 5.32 Å². The molecule has 0 radical (unpaired) electrons. The molecule has 0 aliphatic carbocycles. The van der Waals surface area contributed by atoms with Crippen LogP contribution in [0.15, 0.2) is 0 Å². The quantitative estimate of drug-likeness (QED) is 0.501. The van der Waals surface area contributed by atoms with Crippen LogP contribution in [0.2, 0.25) is 0 Å². The van der Waals surface area contributed by atoms with Crippen LogP contribution in [0.3, 0.4) is 0 Å². The molecule has 0 unspecified atom stereocenters. The number of nitrogens with one attached hydrogen (secondary N) is 1. The number of halogens is 2. The number of amides is 1. The summed E-state index contributed by atoms with van der Waals surface area (Å²) in [6.45, 7) is 0. The highest BCUT2D eigenvalue weighted by molar-refractivity contribution is 6.29. The van der Waals surface area contributed by atoms with Crippen LogP contribution < -0.4 is 5.32 Å². The van der Waals surface area contributed by atoms with E-state index >= 15 is 0 Å². The van der Waals surface area contributed by atoms with Gasteiger partial charge in [-0.1, -0.05) is 11.6 Å². The van der Waals surface area contributed by atoms with Gasteiger partial charge in [-0.25, -0.2) is 4.39 Å². The minimum absolute atomic E-state index is 0.804.